The van der Waals surface area contributed by atoms with Crippen LogP contribution in [0.3, 0.4) is 0 Å². The van der Waals surface area contributed by atoms with Gasteiger partial charge in [-0.2, -0.15) is 0 Å². The normalized spacial score (nSPS) is 16.4. The van der Waals surface area contributed by atoms with E-state index < -0.39 is 0 Å². The Kier molecular flexibility index (Phi) is 5.16. The molecule has 0 aromatic heterocycles. The summed E-state index contributed by atoms with van der Waals surface area (Å²) in [5.41, 5.74) is 1.84. The molecule has 1 aromatic rings. The molecule has 20 heavy (non-hydrogen) atoms. The molecule has 1 heterocycles. The third-order valence-corrected chi connectivity index (χ3v) is 3.68. The molecule has 0 saturated carbocycles. The van der Waals surface area contributed by atoms with E-state index in [1.807, 2.05) is 31.2 Å². The number of aryl methyl sites for hydroxylation is 1. The van der Waals surface area contributed by atoms with Crippen LogP contribution in [-0.4, -0.2) is 29.8 Å². The molecule has 1 saturated heterocycles. The summed E-state index contributed by atoms with van der Waals surface area (Å²) < 4.78 is 0. The van der Waals surface area contributed by atoms with E-state index in [2.05, 4.69) is 5.32 Å². The lowest BCUT2D eigenvalue weighted by Crippen LogP contribution is -2.39. The molecule has 1 aliphatic rings. The topological polar surface area (TPSA) is 49.4 Å². The number of benzene rings is 1. The number of carbonyl (C=O) groups is 2. The zero-order valence-corrected chi connectivity index (χ0v) is 12.0. The van der Waals surface area contributed by atoms with E-state index in [0.29, 0.717) is 13.0 Å². The first kappa shape index (κ1) is 14.6. The molecule has 4 nitrogen and oxygen atoms in total. The molecule has 108 valence electrons. The molecule has 2 amide bonds. The van der Waals surface area contributed by atoms with E-state index in [1.54, 1.807) is 4.90 Å². The van der Waals surface area contributed by atoms with Crippen molar-refractivity contribution in [2.75, 3.05) is 18.4 Å². The van der Waals surface area contributed by atoms with Crippen molar-refractivity contribution in [3.05, 3.63) is 29.8 Å². The van der Waals surface area contributed by atoms with Gasteiger partial charge in [0.1, 0.15) is 0 Å². The Morgan fingerprint density at radius 1 is 1.20 bits per heavy atom. The lowest BCUT2D eigenvalue weighted by molar-refractivity contribution is -0.135. The highest BCUT2D eigenvalue weighted by atomic mass is 16.2. The molecule has 0 spiro atoms. The summed E-state index contributed by atoms with van der Waals surface area (Å²) >= 11 is 0. The largest absolute Gasteiger partial charge is 0.333 e. The molecule has 1 fully saturated rings. The fourth-order valence-corrected chi connectivity index (χ4v) is 2.46. The van der Waals surface area contributed by atoms with Gasteiger partial charge in [0.2, 0.25) is 11.8 Å². The first-order chi connectivity index (χ1) is 9.66. The molecule has 0 bridgehead atoms. The second-order valence-electron chi connectivity index (χ2n) is 5.34. The van der Waals surface area contributed by atoms with Crippen LogP contribution in [0.4, 0.5) is 5.69 Å². The minimum Gasteiger partial charge on any atom is -0.333 e. The summed E-state index contributed by atoms with van der Waals surface area (Å²) in [5, 5.41) is 2.88. The summed E-state index contributed by atoms with van der Waals surface area (Å²) in [6.07, 6.45) is 4.76. The second-order valence-corrected chi connectivity index (χ2v) is 5.34. The smallest absolute Gasteiger partial charge is 0.244 e. The Morgan fingerprint density at radius 3 is 2.75 bits per heavy atom. The van der Waals surface area contributed by atoms with E-state index in [0.717, 1.165) is 36.9 Å². The second kappa shape index (κ2) is 7.08. The van der Waals surface area contributed by atoms with Gasteiger partial charge in [-0.05, 0) is 31.4 Å². The minimum absolute atomic E-state index is 0.102. The van der Waals surface area contributed by atoms with E-state index in [4.69, 9.17) is 0 Å². The molecule has 1 aliphatic heterocycles. The Labute approximate surface area is 120 Å². The number of likely N-dealkylation sites (tertiary alicyclic amines) is 1. The maximum atomic E-state index is 12.1. The van der Waals surface area contributed by atoms with Gasteiger partial charge in [-0.1, -0.05) is 31.0 Å². The number of para-hydroxylation sites is 1. The number of nitrogens with zero attached hydrogens (tertiary/aromatic N) is 1. The molecule has 2 rings (SSSR count). The van der Waals surface area contributed by atoms with Crippen LogP contribution >= 0.6 is 0 Å². The van der Waals surface area contributed by atoms with E-state index >= 15 is 0 Å². The van der Waals surface area contributed by atoms with Gasteiger partial charge in [-0.15, -0.1) is 0 Å². The summed E-state index contributed by atoms with van der Waals surface area (Å²) in [6, 6.07) is 7.66. The Morgan fingerprint density at radius 2 is 1.95 bits per heavy atom. The van der Waals surface area contributed by atoms with Gasteiger partial charge in [-0.3, -0.25) is 9.59 Å². The van der Waals surface area contributed by atoms with E-state index in [1.165, 1.54) is 0 Å². The Hall–Kier alpha value is -1.84. The van der Waals surface area contributed by atoms with E-state index in [9.17, 15) is 9.59 Å². The number of rotatable bonds is 3. The standard InChI is InChI=1S/C16H22N2O2/c1-13-8-5-6-9-14(13)17-15(19)12-18-11-7-3-2-4-10-16(18)20/h5-6,8-9H,2-4,7,10-12H2,1H3,(H,17,19). The van der Waals surface area contributed by atoms with Crippen molar-refractivity contribution in [3.63, 3.8) is 0 Å². The van der Waals surface area contributed by atoms with Crippen LogP contribution in [-0.2, 0) is 9.59 Å². The SMILES string of the molecule is Cc1ccccc1NC(=O)CN1CCCCCCC1=O. The van der Waals surface area contributed by atoms with Gasteiger partial charge in [0.05, 0.1) is 6.54 Å². The van der Waals surface area contributed by atoms with Crippen molar-refractivity contribution in [1.29, 1.82) is 0 Å². The number of anilines is 1. The Balaban J connectivity index is 1.92. The number of nitrogens with one attached hydrogen (secondary N) is 1. The number of hydrogen-bond donors (Lipinski definition) is 1. The highest BCUT2D eigenvalue weighted by Gasteiger charge is 2.18. The maximum absolute atomic E-state index is 12.1. The van der Waals surface area contributed by atoms with Gasteiger partial charge in [0.15, 0.2) is 0 Å². The highest BCUT2D eigenvalue weighted by Crippen LogP contribution is 2.14. The molecule has 0 radical (unpaired) electrons. The molecule has 0 aliphatic carbocycles. The predicted molar refractivity (Wildman–Crippen MR) is 79.5 cm³/mol. The highest BCUT2D eigenvalue weighted by molar-refractivity contribution is 5.95. The molecule has 0 atom stereocenters. The van der Waals surface area contributed by atoms with E-state index in [-0.39, 0.29) is 18.4 Å². The van der Waals surface area contributed by atoms with Crippen LogP contribution in [0, 0.1) is 6.92 Å². The van der Waals surface area contributed by atoms with Crippen molar-refractivity contribution in [2.45, 2.75) is 39.0 Å². The lowest BCUT2D eigenvalue weighted by atomic mass is 10.1. The lowest BCUT2D eigenvalue weighted by Gasteiger charge is -2.24. The minimum atomic E-state index is -0.117. The van der Waals surface area contributed by atoms with Crippen LogP contribution in [0.25, 0.3) is 0 Å². The predicted octanol–water partition coefficient (Wildman–Crippen LogP) is 2.73. The third-order valence-electron chi connectivity index (χ3n) is 3.68. The molecular weight excluding hydrogens is 252 g/mol. The van der Waals surface area contributed by atoms with Gasteiger partial charge in [0.25, 0.3) is 0 Å². The third kappa shape index (κ3) is 4.08. The van der Waals surface area contributed by atoms with Crippen molar-refractivity contribution >= 4 is 17.5 Å². The Bertz CT molecular complexity index is 485. The molecular formula is C16H22N2O2. The molecule has 1 N–H and O–H groups in total. The van der Waals surface area contributed by atoms with Crippen LogP contribution in [0.15, 0.2) is 24.3 Å². The van der Waals surface area contributed by atoms with Crippen LogP contribution in [0.5, 0.6) is 0 Å². The fourth-order valence-electron chi connectivity index (χ4n) is 2.46. The molecule has 0 unspecified atom stereocenters. The fraction of sp³-hybridized carbons (Fsp3) is 0.500. The summed E-state index contributed by atoms with van der Waals surface area (Å²) in [6.45, 7) is 2.81. The zero-order chi connectivity index (χ0) is 14.4. The first-order valence-corrected chi connectivity index (χ1v) is 7.30. The van der Waals surface area contributed by atoms with Gasteiger partial charge in [0, 0.05) is 18.7 Å². The molecule has 4 heteroatoms. The van der Waals surface area contributed by atoms with Crippen LogP contribution in [0.2, 0.25) is 0 Å². The number of carbonyl (C=O) groups excluding carboxylic acids is 2. The first-order valence-electron chi connectivity index (χ1n) is 7.30. The quantitative estimate of drug-likeness (QED) is 0.921. The maximum Gasteiger partial charge on any atom is 0.244 e. The zero-order valence-electron chi connectivity index (χ0n) is 12.0. The summed E-state index contributed by atoms with van der Waals surface area (Å²) in [4.78, 5) is 25.7. The van der Waals surface area contributed by atoms with Crippen molar-refractivity contribution < 1.29 is 9.59 Å². The average molecular weight is 274 g/mol. The monoisotopic (exact) mass is 274 g/mol. The van der Waals surface area contributed by atoms with Crippen LogP contribution < -0.4 is 5.32 Å². The van der Waals surface area contributed by atoms with Crippen molar-refractivity contribution in [3.8, 4) is 0 Å². The summed E-state index contributed by atoms with van der Waals surface area (Å²) in [5.74, 6) is -0.0159. The average Bonchev–Trinajstić information content (AvgIpc) is 2.41. The van der Waals surface area contributed by atoms with Crippen molar-refractivity contribution in [2.24, 2.45) is 0 Å². The number of amides is 2. The van der Waals surface area contributed by atoms with Gasteiger partial charge >= 0.3 is 0 Å². The van der Waals surface area contributed by atoms with Gasteiger partial charge in [-0.25, -0.2) is 0 Å². The number of hydrogen-bond acceptors (Lipinski definition) is 2. The van der Waals surface area contributed by atoms with Gasteiger partial charge < -0.3 is 10.2 Å². The van der Waals surface area contributed by atoms with Crippen LogP contribution in [0.1, 0.15) is 37.7 Å². The van der Waals surface area contributed by atoms with Crippen molar-refractivity contribution in [1.82, 2.24) is 4.90 Å². The molecule has 1 aromatic carbocycles. The summed E-state index contributed by atoms with van der Waals surface area (Å²) in [7, 11) is 0.